The third-order valence-corrected chi connectivity index (χ3v) is 2.52. The van der Waals surface area contributed by atoms with Gasteiger partial charge in [-0.05, 0) is 50.2 Å². The zero-order valence-corrected chi connectivity index (χ0v) is 8.57. The minimum Gasteiger partial charge on any atom is -0.508 e. The highest BCUT2D eigenvalue weighted by atomic mass is 16.6. The summed E-state index contributed by atoms with van der Waals surface area (Å²) in [5.74, 6) is 0.982. The van der Waals surface area contributed by atoms with Crippen molar-refractivity contribution in [3.63, 3.8) is 0 Å². The van der Waals surface area contributed by atoms with E-state index in [2.05, 4.69) is 10.8 Å². The van der Waals surface area contributed by atoms with Crippen molar-refractivity contribution >= 4 is 0 Å². The van der Waals surface area contributed by atoms with Gasteiger partial charge in [0.15, 0.2) is 0 Å². The van der Waals surface area contributed by atoms with E-state index >= 15 is 0 Å². The van der Waals surface area contributed by atoms with Gasteiger partial charge in [0.25, 0.3) is 0 Å². The van der Waals surface area contributed by atoms with Crippen molar-refractivity contribution in [1.29, 1.82) is 0 Å². The highest BCUT2D eigenvalue weighted by Crippen LogP contribution is 2.15. The third-order valence-electron chi connectivity index (χ3n) is 2.52. The van der Waals surface area contributed by atoms with E-state index in [1.807, 2.05) is 0 Å². The third kappa shape index (κ3) is 3.11. The molecular formula is C11H16N2O2. The molecule has 1 saturated heterocycles. The molecule has 2 rings (SSSR count). The molecule has 1 aromatic rings. The van der Waals surface area contributed by atoms with E-state index < -0.39 is 0 Å². The Hall–Kier alpha value is -1.26. The molecule has 0 aromatic heterocycles. The van der Waals surface area contributed by atoms with Crippen LogP contribution >= 0.6 is 0 Å². The molecule has 0 unspecified atom stereocenters. The quantitative estimate of drug-likeness (QED) is 0.649. The molecule has 15 heavy (non-hydrogen) atoms. The Morgan fingerprint density at radius 1 is 1.20 bits per heavy atom. The number of hydrogen-bond donors (Lipinski definition) is 3. The summed E-state index contributed by atoms with van der Waals surface area (Å²) in [4.78, 5) is 5.41. The summed E-state index contributed by atoms with van der Waals surface area (Å²) >= 11 is 0. The molecule has 1 aromatic carbocycles. The molecule has 0 spiro atoms. The van der Waals surface area contributed by atoms with Gasteiger partial charge in [-0.15, -0.1) is 0 Å². The fraction of sp³-hybridized carbons (Fsp3) is 0.455. The largest absolute Gasteiger partial charge is 0.508 e. The van der Waals surface area contributed by atoms with Crippen molar-refractivity contribution in [1.82, 2.24) is 10.8 Å². The minimum absolute atomic E-state index is 0.254. The van der Waals surface area contributed by atoms with Crippen molar-refractivity contribution in [2.24, 2.45) is 0 Å². The van der Waals surface area contributed by atoms with Gasteiger partial charge in [0.1, 0.15) is 11.5 Å². The van der Waals surface area contributed by atoms with Gasteiger partial charge in [-0.25, -0.2) is 0 Å². The van der Waals surface area contributed by atoms with Gasteiger partial charge >= 0.3 is 0 Å². The molecule has 4 heteroatoms. The molecule has 82 valence electrons. The summed E-state index contributed by atoms with van der Waals surface area (Å²) in [6.07, 6.45) is 2.16. The number of hydrogen-bond acceptors (Lipinski definition) is 4. The maximum Gasteiger partial charge on any atom is 0.147 e. The predicted octanol–water partition coefficient (Wildman–Crippen LogP) is 1.03. The van der Waals surface area contributed by atoms with Crippen molar-refractivity contribution < 1.29 is 9.94 Å². The Morgan fingerprint density at radius 3 is 2.53 bits per heavy atom. The average Bonchev–Trinajstić information content (AvgIpc) is 2.30. The van der Waals surface area contributed by atoms with Crippen molar-refractivity contribution in [2.75, 3.05) is 13.1 Å². The number of piperidine rings is 1. The van der Waals surface area contributed by atoms with Crippen LogP contribution in [0.4, 0.5) is 0 Å². The summed E-state index contributed by atoms with van der Waals surface area (Å²) in [7, 11) is 0. The van der Waals surface area contributed by atoms with Gasteiger partial charge in [0.2, 0.25) is 0 Å². The first-order valence-electron chi connectivity index (χ1n) is 5.27. The maximum absolute atomic E-state index is 9.09. The summed E-state index contributed by atoms with van der Waals surface area (Å²) in [6.45, 7) is 2.08. The fourth-order valence-electron chi connectivity index (χ4n) is 1.61. The number of aromatic hydroxyl groups is 1. The SMILES string of the molecule is Oc1ccc(ONC2CCNCC2)cc1. The number of phenolic OH excluding ortho intramolecular Hbond substituents is 1. The van der Waals surface area contributed by atoms with Crippen LogP contribution in [0.1, 0.15) is 12.8 Å². The minimum atomic E-state index is 0.254. The molecule has 0 radical (unpaired) electrons. The zero-order valence-electron chi connectivity index (χ0n) is 8.57. The Balaban J connectivity index is 1.79. The summed E-state index contributed by atoms with van der Waals surface area (Å²) in [5.41, 5.74) is 3.04. The van der Waals surface area contributed by atoms with Gasteiger partial charge in [0.05, 0.1) is 0 Å². The monoisotopic (exact) mass is 208 g/mol. The molecular weight excluding hydrogens is 192 g/mol. The van der Waals surface area contributed by atoms with Crippen LogP contribution in [-0.4, -0.2) is 24.2 Å². The van der Waals surface area contributed by atoms with Crippen molar-refractivity contribution in [3.8, 4) is 11.5 Å². The Kier molecular flexibility index (Phi) is 3.42. The summed E-state index contributed by atoms with van der Waals surface area (Å²) in [6, 6.07) is 7.12. The van der Waals surface area contributed by atoms with Gasteiger partial charge < -0.3 is 15.3 Å². The van der Waals surface area contributed by atoms with Crippen LogP contribution in [-0.2, 0) is 0 Å². The molecule has 4 nitrogen and oxygen atoms in total. The van der Waals surface area contributed by atoms with Crippen LogP contribution < -0.4 is 15.6 Å². The normalized spacial score (nSPS) is 17.6. The Bertz CT molecular complexity index is 294. The van der Waals surface area contributed by atoms with E-state index in [4.69, 9.17) is 9.94 Å². The highest BCUT2D eigenvalue weighted by molar-refractivity contribution is 5.29. The lowest BCUT2D eigenvalue weighted by atomic mass is 10.1. The molecule has 1 fully saturated rings. The number of benzene rings is 1. The lowest BCUT2D eigenvalue weighted by Gasteiger charge is -2.23. The standard InChI is InChI=1S/C11H16N2O2/c14-10-1-3-11(4-2-10)15-13-9-5-7-12-8-6-9/h1-4,9,12-14H,5-8H2. The number of phenols is 1. The van der Waals surface area contributed by atoms with Gasteiger partial charge in [-0.2, -0.15) is 5.48 Å². The van der Waals surface area contributed by atoms with Gasteiger partial charge in [-0.3, -0.25) is 0 Å². The van der Waals surface area contributed by atoms with E-state index in [9.17, 15) is 0 Å². The molecule has 1 aliphatic rings. The molecule has 0 bridgehead atoms. The van der Waals surface area contributed by atoms with Crippen LogP contribution in [0.15, 0.2) is 24.3 Å². The van der Waals surface area contributed by atoms with Gasteiger partial charge in [-0.1, -0.05) is 0 Å². The Labute approximate surface area is 89.2 Å². The summed E-state index contributed by atoms with van der Waals surface area (Å²) < 4.78 is 0. The zero-order chi connectivity index (χ0) is 10.5. The fourth-order valence-corrected chi connectivity index (χ4v) is 1.61. The molecule has 1 heterocycles. The number of hydroxylamine groups is 1. The molecule has 0 atom stereocenters. The van der Waals surface area contributed by atoms with Gasteiger partial charge in [0, 0.05) is 6.04 Å². The van der Waals surface area contributed by atoms with E-state index in [1.165, 1.54) is 0 Å². The predicted molar refractivity (Wildman–Crippen MR) is 57.8 cm³/mol. The summed E-state index contributed by atoms with van der Waals surface area (Å²) in [5, 5.41) is 12.4. The molecule has 0 amide bonds. The second kappa shape index (κ2) is 5.00. The lowest BCUT2D eigenvalue weighted by Crippen LogP contribution is -2.41. The molecule has 1 aliphatic heterocycles. The Morgan fingerprint density at radius 2 is 1.87 bits per heavy atom. The van der Waals surface area contributed by atoms with Crippen molar-refractivity contribution in [3.05, 3.63) is 24.3 Å². The van der Waals surface area contributed by atoms with Crippen LogP contribution in [0.25, 0.3) is 0 Å². The number of nitrogens with one attached hydrogen (secondary N) is 2. The van der Waals surface area contributed by atoms with Crippen LogP contribution in [0.2, 0.25) is 0 Å². The first-order valence-corrected chi connectivity index (χ1v) is 5.27. The van der Waals surface area contributed by atoms with E-state index in [-0.39, 0.29) is 5.75 Å². The molecule has 3 N–H and O–H groups in total. The lowest BCUT2D eigenvalue weighted by molar-refractivity contribution is 0.136. The van der Waals surface area contributed by atoms with Crippen molar-refractivity contribution in [2.45, 2.75) is 18.9 Å². The first kappa shape index (κ1) is 10.3. The molecule has 0 saturated carbocycles. The molecule has 0 aliphatic carbocycles. The average molecular weight is 208 g/mol. The smallest absolute Gasteiger partial charge is 0.147 e. The first-order chi connectivity index (χ1) is 7.34. The second-order valence-corrected chi connectivity index (χ2v) is 3.74. The van der Waals surface area contributed by atoms with Crippen LogP contribution in [0.3, 0.4) is 0 Å². The maximum atomic E-state index is 9.09. The number of rotatable bonds is 3. The van der Waals surface area contributed by atoms with E-state index in [1.54, 1.807) is 24.3 Å². The topological polar surface area (TPSA) is 53.5 Å². The van der Waals surface area contributed by atoms with Crippen LogP contribution in [0.5, 0.6) is 11.5 Å². The van der Waals surface area contributed by atoms with E-state index in [0.717, 1.165) is 31.7 Å². The van der Waals surface area contributed by atoms with E-state index in [0.29, 0.717) is 6.04 Å². The highest BCUT2D eigenvalue weighted by Gasteiger charge is 2.12. The second-order valence-electron chi connectivity index (χ2n) is 3.74. The van der Waals surface area contributed by atoms with Crippen LogP contribution in [0, 0.1) is 0 Å².